The van der Waals surface area contributed by atoms with E-state index in [1.54, 1.807) is 13.8 Å². The standard InChI is InChI=1S/C12H18BrFN2O3S/c1-3-12(2,4-5-17)16-20(18,19)11-7-10(15)8(13)6-9(11)14/h6-7,16-17H,3-5,15H2,1-2H3. The molecule has 0 heterocycles. The third-order valence-corrected chi connectivity index (χ3v) is 5.51. The number of anilines is 1. The van der Waals surface area contributed by atoms with Gasteiger partial charge in [-0.3, -0.25) is 0 Å². The maximum atomic E-state index is 13.8. The molecule has 4 N–H and O–H groups in total. The molecule has 0 aliphatic carbocycles. The smallest absolute Gasteiger partial charge is 0.244 e. The Morgan fingerprint density at radius 1 is 1.50 bits per heavy atom. The Balaban J connectivity index is 3.21. The van der Waals surface area contributed by atoms with Crippen molar-refractivity contribution in [2.75, 3.05) is 12.3 Å². The average molecular weight is 369 g/mol. The monoisotopic (exact) mass is 368 g/mol. The third-order valence-electron chi connectivity index (χ3n) is 3.17. The SMILES string of the molecule is CCC(C)(CCO)NS(=O)(=O)c1cc(N)c(Br)cc1F. The van der Waals surface area contributed by atoms with Crippen LogP contribution in [0.3, 0.4) is 0 Å². The van der Waals surface area contributed by atoms with E-state index in [0.717, 1.165) is 12.1 Å². The maximum absolute atomic E-state index is 13.8. The van der Waals surface area contributed by atoms with E-state index in [1.165, 1.54) is 0 Å². The van der Waals surface area contributed by atoms with Crippen molar-refractivity contribution in [2.24, 2.45) is 0 Å². The fourth-order valence-corrected chi connectivity index (χ4v) is 3.60. The Hall–Kier alpha value is -0.700. The Bertz CT molecular complexity index is 595. The summed E-state index contributed by atoms with van der Waals surface area (Å²) < 4.78 is 41.1. The van der Waals surface area contributed by atoms with Crippen LogP contribution in [0, 0.1) is 5.82 Å². The number of rotatable bonds is 6. The highest BCUT2D eigenvalue weighted by atomic mass is 79.9. The van der Waals surface area contributed by atoms with E-state index in [4.69, 9.17) is 10.8 Å². The van der Waals surface area contributed by atoms with Crippen LogP contribution in [0.4, 0.5) is 10.1 Å². The zero-order chi connectivity index (χ0) is 15.6. The Labute approximate surface area is 126 Å². The van der Waals surface area contributed by atoms with Crippen molar-refractivity contribution >= 4 is 31.6 Å². The van der Waals surface area contributed by atoms with Crippen molar-refractivity contribution in [3.8, 4) is 0 Å². The number of hydrogen-bond donors (Lipinski definition) is 3. The third kappa shape index (κ3) is 3.91. The van der Waals surface area contributed by atoms with Gasteiger partial charge in [0.15, 0.2) is 0 Å². The Morgan fingerprint density at radius 2 is 2.10 bits per heavy atom. The van der Waals surface area contributed by atoms with Gasteiger partial charge in [0.25, 0.3) is 0 Å². The van der Waals surface area contributed by atoms with E-state index >= 15 is 0 Å². The number of nitrogens with one attached hydrogen (secondary N) is 1. The molecule has 0 aliphatic rings. The number of benzene rings is 1. The van der Waals surface area contributed by atoms with E-state index < -0.39 is 26.3 Å². The van der Waals surface area contributed by atoms with Crippen molar-refractivity contribution < 1.29 is 17.9 Å². The minimum absolute atomic E-state index is 0.132. The second-order valence-electron chi connectivity index (χ2n) is 4.80. The van der Waals surface area contributed by atoms with Crippen LogP contribution in [0.5, 0.6) is 0 Å². The first kappa shape index (κ1) is 17.4. The first-order valence-electron chi connectivity index (χ1n) is 6.04. The predicted molar refractivity (Wildman–Crippen MR) is 79.2 cm³/mol. The van der Waals surface area contributed by atoms with E-state index in [-0.39, 0.29) is 18.7 Å². The van der Waals surface area contributed by atoms with Crippen LogP contribution in [0.1, 0.15) is 26.7 Å². The number of aliphatic hydroxyl groups is 1. The highest BCUT2D eigenvalue weighted by molar-refractivity contribution is 9.10. The van der Waals surface area contributed by atoms with Gasteiger partial charge in [-0.1, -0.05) is 6.92 Å². The lowest BCUT2D eigenvalue weighted by molar-refractivity contribution is 0.233. The molecule has 0 fully saturated rings. The molecule has 0 bridgehead atoms. The van der Waals surface area contributed by atoms with E-state index in [9.17, 15) is 12.8 Å². The van der Waals surface area contributed by atoms with E-state index in [2.05, 4.69) is 20.7 Å². The van der Waals surface area contributed by atoms with Gasteiger partial charge in [0.1, 0.15) is 10.7 Å². The summed E-state index contributed by atoms with van der Waals surface area (Å²) in [6, 6.07) is 2.08. The van der Waals surface area contributed by atoms with Crippen LogP contribution in [0.25, 0.3) is 0 Å². The summed E-state index contributed by atoms with van der Waals surface area (Å²) in [6.07, 6.45) is 0.691. The molecule has 0 spiro atoms. The first-order chi connectivity index (χ1) is 9.15. The molecule has 1 aromatic rings. The number of halogens is 2. The van der Waals surface area contributed by atoms with Crippen LogP contribution in [0.2, 0.25) is 0 Å². The van der Waals surface area contributed by atoms with Crippen LogP contribution >= 0.6 is 15.9 Å². The molecule has 1 atom stereocenters. The second-order valence-corrected chi connectivity index (χ2v) is 7.30. The summed E-state index contributed by atoms with van der Waals surface area (Å²) >= 11 is 3.03. The zero-order valence-corrected chi connectivity index (χ0v) is 13.7. The molecule has 5 nitrogen and oxygen atoms in total. The topological polar surface area (TPSA) is 92.4 Å². The van der Waals surface area contributed by atoms with E-state index in [0.29, 0.717) is 10.9 Å². The quantitative estimate of drug-likeness (QED) is 0.669. The largest absolute Gasteiger partial charge is 0.398 e. The normalized spacial score (nSPS) is 15.1. The summed E-state index contributed by atoms with van der Waals surface area (Å²) in [5.41, 5.74) is 4.88. The zero-order valence-electron chi connectivity index (χ0n) is 11.3. The fraction of sp³-hybridized carbons (Fsp3) is 0.500. The second kappa shape index (κ2) is 6.38. The molecule has 1 rings (SSSR count). The summed E-state index contributed by atoms with van der Waals surface area (Å²) in [5, 5.41) is 9.00. The van der Waals surface area contributed by atoms with Gasteiger partial charge in [-0.15, -0.1) is 0 Å². The molecular formula is C12H18BrFN2O3S. The maximum Gasteiger partial charge on any atom is 0.244 e. The lowest BCUT2D eigenvalue weighted by atomic mass is 9.97. The van der Waals surface area contributed by atoms with Gasteiger partial charge in [0.05, 0.1) is 0 Å². The van der Waals surface area contributed by atoms with Gasteiger partial charge in [0.2, 0.25) is 10.0 Å². The minimum Gasteiger partial charge on any atom is -0.398 e. The molecule has 0 saturated heterocycles. The number of hydrogen-bond acceptors (Lipinski definition) is 4. The van der Waals surface area contributed by atoms with Gasteiger partial charge in [-0.2, -0.15) is 0 Å². The number of nitrogen functional groups attached to an aromatic ring is 1. The Morgan fingerprint density at radius 3 is 2.60 bits per heavy atom. The summed E-state index contributed by atoms with van der Waals surface area (Å²) in [6.45, 7) is 3.27. The molecule has 0 aliphatic heterocycles. The number of aliphatic hydroxyl groups excluding tert-OH is 1. The molecule has 20 heavy (non-hydrogen) atoms. The molecule has 0 amide bonds. The van der Waals surface area contributed by atoms with Crippen molar-refractivity contribution in [3.63, 3.8) is 0 Å². The van der Waals surface area contributed by atoms with Crippen molar-refractivity contribution in [1.82, 2.24) is 4.72 Å². The van der Waals surface area contributed by atoms with Crippen molar-refractivity contribution in [2.45, 2.75) is 37.1 Å². The molecule has 1 aromatic carbocycles. The van der Waals surface area contributed by atoms with Crippen LogP contribution in [-0.2, 0) is 10.0 Å². The summed E-state index contributed by atoms with van der Waals surface area (Å²) in [7, 11) is -4.06. The molecule has 0 saturated carbocycles. The lowest BCUT2D eigenvalue weighted by Gasteiger charge is -2.28. The average Bonchev–Trinajstić information content (AvgIpc) is 2.33. The van der Waals surface area contributed by atoms with Crippen LogP contribution < -0.4 is 10.5 Å². The van der Waals surface area contributed by atoms with Crippen molar-refractivity contribution in [3.05, 3.63) is 22.4 Å². The van der Waals surface area contributed by atoms with E-state index in [1.807, 2.05) is 0 Å². The lowest BCUT2D eigenvalue weighted by Crippen LogP contribution is -2.46. The number of sulfonamides is 1. The van der Waals surface area contributed by atoms with Gasteiger partial charge in [-0.25, -0.2) is 17.5 Å². The van der Waals surface area contributed by atoms with Crippen LogP contribution in [-0.4, -0.2) is 25.7 Å². The van der Waals surface area contributed by atoms with Gasteiger partial charge >= 0.3 is 0 Å². The summed E-state index contributed by atoms with van der Waals surface area (Å²) in [4.78, 5) is -0.504. The molecule has 114 valence electrons. The molecule has 8 heteroatoms. The minimum atomic E-state index is -4.06. The van der Waals surface area contributed by atoms with Crippen LogP contribution in [0.15, 0.2) is 21.5 Å². The molecule has 0 aromatic heterocycles. The predicted octanol–water partition coefficient (Wildman–Crippen LogP) is 2.00. The molecular weight excluding hydrogens is 351 g/mol. The number of nitrogens with two attached hydrogens (primary N) is 1. The fourth-order valence-electron chi connectivity index (χ4n) is 1.68. The molecule has 0 radical (unpaired) electrons. The first-order valence-corrected chi connectivity index (χ1v) is 8.32. The van der Waals surface area contributed by atoms with Gasteiger partial charge < -0.3 is 10.8 Å². The van der Waals surface area contributed by atoms with Gasteiger partial charge in [0, 0.05) is 22.3 Å². The van der Waals surface area contributed by atoms with Crippen molar-refractivity contribution in [1.29, 1.82) is 0 Å². The Kier molecular flexibility index (Phi) is 5.54. The summed E-state index contributed by atoms with van der Waals surface area (Å²) in [5.74, 6) is -0.888. The highest BCUT2D eigenvalue weighted by Gasteiger charge is 2.30. The highest BCUT2D eigenvalue weighted by Crippen LogP contribution is 2.27. The molecule has 1 unspecified atom stereocenters. The van der Waals surface area contributed by atoms with Gasteiger partial charge in [-0.05, 0) is 47.8 Å².